The Morgan fingerprint density at radius 1 is 1.33 bits per heavy atom. The SMILES string of the molecule is CC(C)C(CCl)Cc1ccc(F)c(Cl)c1. The number of halogens is 3. The predicted octanol–water partition coefficient (Wildman–Crippen LogP) is 4.53. The van der Waals surface area contributed by atoms with Crippen LogP contribution in [0.25, 0.3) is 0 Å². The summed E-state index contributed by atoms with van der Waals surface area (Å²) in [5.74, 6) is 1.18. The van der Waals surface area contributed by atoms with E-state index < -0.39 is 0 Å². The molecule has 0 aliphatic rings. The maximum atomic E-state index is 12.9. The second-order valence-electron chi connectivity index (χ2n) is 4.11. The summed E-state index contributed by atoms with van der Waals surface area (Å²) in [6.07, 6.45) is 0.848. The van der Waals surface area contributed by atoms with Crippen molar-refractivity contribution in [2.75, 3.05) is 5.88 Å². The summed E-state index contributed by atoms with van der Waals surface area (Å²) >= 11 is 11.6. The molecule has 0 bridgehead atoms. The summed E-state index contributed by atoms with van der Waals surface area (Å²) in [6, 6.07) is 4.85. The van der Waals surface area contributed by atoms with Crippen LogP contribution in [0, 0.1) is 17.7 Å². The molecule has 0 heterocycles. The maximum absolute atomic E-state index is 12.9. The van der Waals surface area contributed by atoms with Crippen molar-refractivity contribution in [3.05, 3.63) is 34.6 Å². The smallest absolute Gasteiger partial charge is 0.141 e. The molecule has 0 radical (unpaired) electrons. The Labute approximate surface area is 100 Å². The molecule has 0 saturated carbocycles. The average molecular weight is 249 g/mol. The third kappa shape index (κ3) is 3.66. The van der Waals surface area contributed by atoms with Gasteiger partial charge in [0.25, 0.3) is 0 Å². The quantitative estimate of drug-likeness (QED) is 0.687. The number of alkyl halides is 1. The standard InChI is InChI=1S/C12H15Cl2F/c1-8(2)10(7-13)5-9-3-4-12(15)11(14)6-9/h3-4,6,8,10H,5,7H2,1-2H3. The van der Waals surface area contributed by atoms with E-state index in [0.29, 0.717) is 17.7 Å². The first-order valence-corrected chi connectivity index (χ1v) is 5.95. The summed E-state index contributed by atoms with van der Waals surface area (Å²) in [7, 11) is 0. The van der Waals surface area contributed by atoms with Gasteiger partial charge in [-0.1, -0.05) is 31.5 Å². The summed E-state index contributed by atoms with van der Waals surface area (Å²) < 4.78 is 12.9. The Morgan fingerprint density at radius 2 is 2.00 bits per heavy atom. The van der Waals surface area contributed by atoms with E-state index >= 15 is 0 Å². The first-order chi connectivity index (χ1) is 7.04. The summed E-state index contributed by atoms with van der Waals surface area (Å²) in [5, 5.41) is 0.185. The lowest BCUT2D eigenvalue weighted by atomic mass is 9.91. The zero-order chi connectivity index (χ0) is 11.4. The van der Waals surface area contributed by atoms with Crippen molar-refractivity contribution >= 4 is 23.2 Å². The number of hydrogen-bond acceptors (Lipinski definition) is 0. The minimum atomic E-state index is -0.368. The van der Waals surface area contributed by atoms with Crippen LogP contribution in [-0.2, 0) is 6.42 Å². The Kier molecular flexibility index (Phi) is 4.88. The third-order valence-electron chi connectivity index (χ3n) is 2.62. The number of hydrogen-bond donors (Lipinski definition) is 0. The van der Waals surface area contributed by atoms with Crippen LogP contribution in [0.5, 0.6) is 0 Å². The van der Waals surface area contributed by atoms with Gasteiger partial charge in [-0.3, -0.25) is 0 Å². The van der Waals surface area contributed by atoms with E-state index in [1.165, 1.54) is 6.07 Å². The molecule has 84 valence electrons. The molecule has 0 aromatic heterocycles. The molecular formula is C12H15Cl2F. The monoisotopic (exact) mass is 248 g/mol. The van der Waals surface area contributed by atoms with Gasteiger partial charge in [0, 0.05) is 5.88 Å². The lowest BCUT2D eigenvalue weighted by Crippen LogP contribution is -2.13. The third-order valence-corrected chi connectivity index (χ3v) is 3.31. The van der Waals surface area contributed by atoms with Crippen molar-refractivity contribution in [1.29, 1.82) is 0 Å². The van der Waals surface area contributed by atoms with Crippen molar-refractivity contribution < 1.29 is 4.39 Å². The van der Waals surface area contributed by atoms with E-state index in [9.17, 15) is 4.39 Å². The highest BCUT2D eigenvalue weighted by Gasteiger charge is 2.13. The molecule has 3 heteroatoms. The minimum absolute atomic E-state index is 0.185. The van der Waals surface area contributed by atoms with Crippen molar-refractivity contribution in [1.82, 2.24) is 0 Å². The Hall–Kier alpha value is -0.270. The summed E-state index contributed by atoms with van der Waals surface area (Å²) in [4.78, 5) is 0. The second-order valence-corrected chi connectivity index (χ2v) is 4.83. The minimum Gasteiger partial charge on any atom is -0.205 e. The molecule has 0 aliphatic heterocycles. The van der Waals surface area contributed by atoms with Gasteiger partial charge in [-0.25, -0.2) is 4.39 Å². The molecule has 0 fully saturated rings. The second kappa shape index (κ2) is 5.72. The molecule has 1 aromatic carbocycles. The normalized spacial score (nSPS) is 13.2. The van der Waals surface area contributed by atoms with Crippen LogP contribution in [0.15, 0.2) is 18.2 Å². The molecule has 1 aromatic rings. The van der Waals surface area contributed by atoms with Gasteiger partial charge in [-0.15, -0.1) is 11.6 Å². The van der Waals surface area contributed by atoms with Gasteiger partial charge in [0.1, 0.15) is 5.82 Å². The van der Waals surface area contributed by atoms with E-state index in [-0.39, 0.29) is 10.8 Å². The first kappa shape index (κ1) is 12.8. The molecule has 1 unspecified atom stereocenters. The van der Waals surface area contributed by atoms with Crippen LogP contribution in [0.2, 0.25) is 5.02 Å². The molecule has 0 spiro atoms. The van der Waals surface area contributed by atoms with Crippen LogP contribution in [0.4, 0.5) is 4.39 Å². The largest absolute Gasteiger partial charge is 0.205 e. The Bertz CT molecular complexity index is 323. The highest BCUT2D eigenvalue weighted by atomic mass is 35.5. The number of benzene rings is 1. The molecule has 1 atom stereocenters. The molecule has 0 N–H and O–H groups in total. The van der Waals surface area contributed by atoms with E-state index in [1.54, 1.807) is 12.1 Å². The molecule has 0 saturated heterocycles. The van der Waals surface area contributed by atoms with Crippen LogP contribution in [0.3, 0.4) is 0 Å². The highest BCUT2D eigenvalue weighted by molar-refractivity contribution is 6.30. The van der Waals surface area contributed by atoms with Crippen LogP contribution < -0.4 is 0 Å². The zero-order valence-electron chi connectivity index (χ0n) is 8.93. The number of rotatable bonds is 4. The van der Waals surface area contributed by atoms with Gasteiger partial charge in [0.15, 0.2) is 0 Å². The fourth-order valence-corrected chi connectivity index (χ4v) is 2.11. The van der Waals surface area contributed by atoms with E-state index in [0.717, 1.165) is 12.0 Å². The van der Waals surface area contributed by atoms with Gasteiger partial charge in [-0.05, 0) is 36.0 Å². The topological polar surface area (TPSA) is 0 Å². The molecule has 15 heavy (non-hydrogen) atoms. The summed E-state index contributed by atoms with van der Waals surface area (Å²) in [5.41, 5.74) is 1.04. The average Bonchev–Trinajstić information content (AvgIpc) is 2.19. The van der Waals surface area contributed by atoms with Gasteiger partial charge >= 0.3 is 0 Å². The Morgan fingerprint density at radius 3 is 2.47 bits per heavy atom. The van der Waals surface area contributed by atoms with E-state index in [4.69, 9.17) is 23.2 Å². The lowest BCUT2D eigenvalue weighted by molar-refractivity contribution is 0.422. The fraction of sp³-hybridized carbons (Fsp3) is 0.500. The van der Waals surface area contributed by atoms with Gasteiger partial charge < -0.3 is 0 Å². The van der Waals surface area contributed by atoms with Gasteiger partial charge in [0.2, 0.25) is 0 Å². The predicted molar refractivity (Wildman–Crippen MR) is 64.2 cm³/mol. The van der Waals surface area contributed by atoms with Crippen molar-refractivity contribution in [2.24, 2.45) is 11.8 Å². The molecule has 0 amide bonds. The lowest BCUT2D eigenvalue weighted by Gasteiger charge is -2.17. The van der Waals surface area contributed by atoms with E-state index in [2.05, 4.69) is 13.8 Å². The molecule has 0 aliphatic carbocycles. The fourth-order valence-electron chi connectivity index (χ4n) is 1.44. The first-order valence-electron chi connectivity index (χ1n) is 5.04. The van der Waals surface area contributed by atoms with Crippen molar-refractivity contribution in [3.63, 3.8) is 0 Å². The summed E-state index contributed by atoms with van der Waals surface area (Å²) in [6.45, 7) is 4.27. The van der Waals surface area contributed by atoms with Crippen molar-refractivity contribution in [3.8, 4) is 0 Å². The molecular weight excluding hydrogens is 234 g/mol. The van der Waals surface area contributed by atoms with E-state index in [1.807, 2.05) is 0 Å². The highest BCUT2D eigenvalue weighted by Crippen LogP contribution is 2.22. The van der Waals surface area contributed by atoms with Crippen LogP contribution in [0.1, 0.15) is 19.4 Å². The van der Waals surface area contributed by atoms with Crippen LogP contribution in [-0.4, -0.2) is 5.88 Å². The van der Waals surface area contributed by atoms with Crippen LogP contribution >= 0.6 is 23.2 Å². The van der Waals surface area contributed by atoms with Crippen molar-refractivity contribution in [2.45, 2.75) is 20.3 Å². The molecule has 1 rings (SSSR count). The van der Waals surface area contributed by atoms with Gasteiger partial charge in [-0.2, -0.15) is 0 Å². The van der Waals surface area contributed by atoms with Gasteiger partial charge in [0.05, 0.1) is 5.02 Å². The Balaban J connectivity index is 2.75. The maximum Gasteiger partial charge on any atom is 0.141 e. The zero-order valence-corrected chi connectivity index (χ0v) is 10.4. The molecule has 0 nitrogen and oxygen atoms in total.